The number of rotatable bonds is 5. The van der Waals surface area contributed by atoms with E-state index in [0.717, 1.165) is 5.92 Å². The maximum Gasteiger partial charge on any atom is 0.0189 e. The summed E-state index contributed by atoms with van der Waals surface area (Å²) in [5.41, 5.74) is 0. The van der Waals surface area contributed by atoms with Gasteiger partial charge in [-0.1, -0.05) is 20.3 Å². The fourth-order valence-electron chi connectivity index (χ4n) is 2.15. The molecular weight excluding hydrogens is 160 g/mol. The normalized spacial score (nSPS) is 26.5. The fraction of sp³-hybridized carbons (Fsp3) is 1.00. The van der Waals surface area contributed by atoms with Crippen molar-refractivity contribution in [2.75, 3.05) is 26.7 Å². The minimum atomic E-state index is 0.690. The van der Waals surface area contributed by atoms with Gasteiger partial charge in [0, 0.05) is 19.1 Å². The van der Waals surface area contributed by atoms with Crippen LogP contribution in [-0.4, -0.2) is 37.6 Å². The molecule has 0 amide bonds. The highest BCUT2D eigenvalue weighted by Crippen LogP contribution is 2.19. The highest BCUT2D eigenvalue weighted by Gasteiger charge is 2.22. The number of likely N-dealkylation sites (N-methyl/N-ethyl adjacent to an activating group) is 1. The molecular formula is C11H24N2. The lowest BCUT2D eigenvalue weighted by molar-refractivity contribution is 0.282. The van der Waals surface area contributed by atoms with E-state index in [2.05, 4.69) is 31.1 Å². The Morgan fingerprint density at radius 1 is 1.46 bits per heavy atom. The van der Waals surface area contributed by atoms with Crippen molar-refractivity contribution in [2.24, 2.45) is 5.92 Å². The quantitative estimate of drug-likeness (QED) is 0.700. The number of hydrogen-bond acceptors (Lipinski definition) is 2. The van der Waals surface area contributed by atoms with Gasteiger partial charge in [-0.25, -0.2) is 0 Å². The van der Waals surface area contributed by atoms with Crippen LogP contribution in [0.4, 0.5) is 0 Å². The van der Waals surface area contributed by atoms with Gasteiger partial charge < -0.3 is 10.2 Å². The van der Waals surface area contributed by atoms with Crippen molar-refractivity contribution in [1.29, 1.82) is 0 Å². The summed E-state index contributed by atoms with van der Waals surface area (Å²) < 4.78 is 0. The molecule has 2 atom stereocenters. The van der Waals surface area contributed by atoms with E-state index in [1.807, 2.05) is 0 Å². The number of nitrogens with one attached hydrogen (secondary N) is 1. The van der Waals surface area contributed by atoms with Gasteiger partial charge in [-0.15, -0.1) is 0 Å². The summed E-state index contributed by atoms with van der Waals surface area (Å²) in [5, 5.41) is 3.37. The molecule has 1 aliphatic rings. The second-order valence-electron chi connectivity index (χ2n) is 4.22. The molecule has 1 saturated heterocycles. The molecule has 0 saturated carbocycles. The van der Waals surface area contributed by atoms with Crippen LogP contribution in [0.1, 0.15) is 33.1 Å². The summed E-state index contributed by atoms with van der Waals surface area (Å²) in [4.78, 5) is 2.61. The van der Waals surface area contributed by atoms with Crippen molar-refractivity contribution in [3.05, 3.63) is 0 Å². The Labute approximate surface area is 82.7 Å². The van der Waals surface area contributed by atoms with Gasteiger partial charge in [0.1, 0.15) is 0 Å². The van der Waals surface area contributed by atoms with Crippen LogP contribution in [0.15, 0.2) is 0 Å². The van der Waals surface area contributed by atoms with Crippen molar-refractivity contribution in [3.63, 3.8) is 0 Å². The maximum absolute atomic E-state index is 3.37. The van der Waals surface area contributed by atoms with Crippen LogP contribution < -0.4 is 5.32 Å². The first-order valence-corrected chi connectivity index (χ1v) is 5.69. The molecule has 1 aliphatic heterocycles. The molecule has 0 aromatic carbocycles. The van der Waals surface area contributed by atoms with Crippen LogP contribution in [0.3, 0.4) is 0 Å². The molecule has 1 N–H and O–H groups in total. The average Bonchev–Trinajstić information content (AvgIpc) is 2.61. The molecule has 1 heterocycles. The zero-order valence-electron chi connectivity index (χ0n) is 9.34. The van der Waals surface area contributed by atoms with Gasteiger partial charge in [0.2, 0.25) is 0 Å². The Kier molecular flexibility index (Phi) is 4.74. The zero-order chi connectivity index (χ0) is 9.68. The Balaban J connectivity index is 2.22. The van der Waals surface area contributed by atoms with E-state index >= 15 is 0 Å². The van der Waals surface area contributed by atoms with Gasteiger partial charge in [0.05, 0.1) is 0 Å². The lowest BCUT2D eigenvalue weighted by Gasteiger charge is -2.22. The summed E-state index contributed by atoms with van der Waals surface area (Å²) in [7, 11) is 2.07. The van der Waals surface area contributed by atoms with Gasteiger partial charge in [-0.3, -0.25) is 0 Å². The first-order chi connectivity index (χ1) is 6.30. The van der Waals surface area contributed by atoms with E-state index in [4.69, 9.17) is 0 Å². The van der Waals surface area contributed by atoms with E-state index in [9.17, 15) is 0 Å². The number of nitrogens with zero attached hydrogens (tertiary/aromatic N) is 1. The molecule has 13 heavy (non-hydrogen) atoms. The molecule has 1 rings (SSSR count). The first kappa shape index (κ1) is 11.0. The highest BCUT2D eigenvalue weighted by molar-refractivity contribution is 4.78. The monoisotopic (exact) mass is 184 g/mol. The third-order valence-electron chi connectivity index (χ3n) is 3.33. The second-order valence-corrected chi connectivity index (χ2v) is 4.22. The average molecular weight is 184 g/mol. The molecule has 0 aromatic rings. The van der Waals surface area contributed by atoms with E-state index in [1.165, 1.54) is 38.9 Å². The maximum atomic E-state index is 3.37. The van der Waals surface area contributed by atoms with Crippen molar-refractivity contribution in [3.8, 4) is 0 Å². The summed E-state index contributed by atoms with van der Waals surface area (Å²) in [6.07, 6.45) is 4.01. The Morgan fingerprint density at radius 3 is 2.69 bits per heavy atom. The molecule has 0 aromatic heterocycles. The molecule has 2 unspecified atom stereocenters. The standard InChI is InChI=1S/C11H24N2/c1-4-10-6-7-13(8-10)9-11(5-2)12-3/h10-12H,4-9H2,1-3H3. The van der Waals surface area contributed by atoms with Crippen molar-refractivity contribution in [2.45, 2.75) is 39.2 Å². The van der Waals surface area contributed by atoms with Gasteiger partial charge in [0.15, 0.2) is 0 Å². The van der Waals surface area contributed by atoms with Crippen LogP contribution >= 0.6 is 0 Å². The molecule has 2 nitrogen and oxygen atoms in total. The van der Waals surface area contributed by atoms with Crippen LogP contribution in [0, 0.1) is 5.92 Å². The number of hydrogen-bond donors (Lipinski definition) is 1. The minimum Gasteiger partial charge on any atom is -0.316 e. The molecule has 2 heteroatoms. The Hall–Kier alpha value is -0.0800. The molecule has 0 aliphatic carbocycles. The van der Waals surface area contributed by atoms with Gasteiger partial charge in [-0.2, -0.15) is 0 Å². The molecule has 0 radical (unpaired) electrons. The third-order valence-corrected chi connectivity index (χ3v) is 3.33. The predicted octanol–water partition coefficient (Wildman–Crippen LogP) is 1.72. The molecule has 78 valence electrons. The summed E-state index contributed by atoms with van der Waals surface area (Å²) in [5.74, 6) is 0.967. The summed E-state index contributed by atoms with van der Waals surface area (Å²) >= 11 is 0. The van der Waals surface area contributed by atoms with E-state index in [-0.39, 0.29) is 0 Å². The van der Waals surface area contributed by atoms with Gasteiger partial charge >= 0.3 is 0 Å². The first-order valence-electron chi connectivity index (χ1n) is 5.69. The largest absolute Gasteiger partial charge is 0.316 e. The SMILES string of the molecule is CCC1CCN(CC(CC)NC)C1. The van der Waals surface area contributed by atoms with Crippen molar-refractivity contribution >= 4 is 0 Å². The van der Waals surface area contributed by atoms with Crippen LogP contribution in [0.25, 0.3) is 0 Å². The lowest BCUT2D eigenvalue weighted by Crippen LogP contribution is -2.38. The lowest BCUT2D eigenvalue weighted by atomic mass is 10.1. The fourth-order valence-corrected chi connectivity index (χ4v) is 2.15. The predicted molar refractivity (Wildman–Crippen MR) is 58.0 cm³/mol. The number of likely N-dealkylation sites (tertiary alicyclic amines) is 1. The highest BCUT2D eigenvalue weighted by atomic mass is 15.2. The van der Waals surface area contributed by atoms with E-state index in [0.29, 0.717) is 6.04 Å². The molecule has 0 spiro atoms. The van der Waals surface area contributed by atoms with E-state index < -0.39 is 0 Å². The molecule has 1 fully saturated rings. The topological polar surface area (TPSA) is 15.3 Å². The van der Waals surface area contributed by atoms with Crippen molar-refractivity contribution in [1.82, 2.24) is 10.2 Å². The van der Waals surface area contributed by atoms with Gasteiger partial charge in [-0.05, 0) is 32.4 Å². The van der Waals surface area contributed by atoms with Crippen molar-refractivity contribution < 1.29 is 0 Å². The Bertz CT molecular complexity index is 132. The zero-order valence-corrected chi connectivity index (χ0v) is 9.34. The van der Waals surface area contributed by atoms with Crippen LogP contribution in [0.2, 0.25) is 0 Å². The summed E-state index contributed by atoms with van der Waals surface area (Å²) in [6.45, 7) is 8.45. The smallest absolute Gasteiger partial charge is 0.0189 e. The molecule has 0 bridgehead atoms. The summed E-state index contributed by atoms with van der Waals surface area (Å²) in [6, 6.07) is 0.690. The Morgan fingerprint density at radius 2 is 2.23 bits per heavy atom. The van der Waals surface area contributed by atoms with Crippen LogP contribution in [0.5, 0.6) is 0 Å². The van der Waals surface area contributed by atoms with E-state index in [1.54, 1.807) is 0 Å². The van der Waals surface area contributed by atoms with Gasteiger partial charge in [0.25, 0.3) is 0 Å². The van der Waals surface area contributed by atoms with Crippen LogP contribution in [-0.2, 0) is 0 Å². The minimum absolute atomic E-state index is 0.690. The third kappa shape index (κ3) is 3.28. The second kappa shape index (κ2) is 5.61.